The standard InChI is InChI=1S/C12H13N3/c1-15-7-10-11(8-15)13-14-12(10)9-5-3-2-4-6-9/h2-6H,7-8H2,1H3,(H,13,14). The third-order valence-electron chi connectivity index (χ3n) is 2.86. The number of rotatable bonds is 1. The lowest BCUT2D eigenvalue weighted by atomic mass is 10.1. The van der Waals surface area contributed by atoms with Gasteiger partial charge in [-0.3, -0.25) is 10.00 Å². The molecule has 3 nitrogen and oxygen atoms in total. The summed E-state index contributed by atoms with van der Waals surface area (Å²) >= 11 is 0. The number of aromatic nitrogens is 2. The van der Waals surface area contributed by atoms with Crippen molar-refractivity contribution in [2.45, 2.75) is 13.1 Å². The van der Waals surface area contributed by atoms with Crippen LogP contribution >= 0.6 is 0 Å². The van der Waals surface area contributed by atoms with Crippen LogP contribution in [0, 0.1) is 0 Å². The van der Waals surface area contributed by atoms with Crippen molar-refractivity contribution >= 4 is 0 Å². The Morgan fingerprint density at radius 2 is 2.00 bits per heavy atom. The molecule has 0 radical (unpaired) electrons. The van der Waals surface area contributed by atoms with Gasteiger partial charge in [0.2, 0.25) is 0 Å². The fourth-order valence-electron chi connectivity index (χ4n) is 2.13. The first kappa shape index (κ1) is 8.68. The molecule has 15 heavy (non-hydrogen) atoms. The number of hydrogen-bond acceptors (Lipinski definition) is 2. The Labute approximate surface area is 88.7 Å². The van der Waals surface area contributed by atoms with Crippen LogP contribution in [0.5, 0.6) is 0 Å². The van der Waals surface area contributed by atoms with Crippen molar-refractivity contribution in [2.24, 2.45) is 0 Å². The Balaban J connectivity index is 2.08. The van der Waals surface area contributed by atoms with Gasteiger partial charge in [-0.1, -0.05) is 30.3 Å². The second kappa shape index (κ2) is 3.21. The van der Waals surface area contributed by atoms with Crippen LogP contribution in [-0.4, -0.2) is 22.1 Å². The van der Waals surface area contributed by atoms with E-state index in [9.17, 15) is 0 Å². The molecular weight excluding hydrogens is 186 g/mol. The van der Waals surface area contributed by atoms with Crippen LogP contribution in [0.1, 0.15) is 11.3 Å². The lowest BCUT2D eigenvalue weighted by molar-refractivity contribution is 0.349. The molecule has 76 valence electrons. The number of aromatic amines is 1. The molecule has 0 spiro atoms. The first-order valence-electron chi connectivity index (χ1n) is 5.14. The topological polar surface area (TPSA) is 31.9 Å². The summed E-state index contributed by atoms with van der Waals surface area (Å²) < 4.78 is 0. The van der Waals surface area contributed by atoms with E-state index in [0.29, 0.717) is 0 Å². The van der Waals surface area contributed by atoms with E-state index in [-0.39, 0.29) is 0 Å². The summed E-state index contributed by atoms with van der Waals surface area (Å²) in [5.41, 5.74) is 4.92. The Morgan fingerprint density at radius 1 is 1.20 bits per heavy atom. The third kappa shape index (κ3) is 1.36. The molecule has 1 aliphatic heterocycles. The highest BCUT2D eigenvalue weighted by atomic mass is 15.2. The molecule has 1 aliphatic rings. The molecule has 1 aromatic carbocycles. The van der Waals surface area contributed by atoms with E-state index in [1.807, 2.05) is 6.07 Å². The van der Waals surface area contributed by atoms with E-state index >= 15 is 0 Å². The molecule has 3 rings (SSSR count). The summed E-state index contributed by atoms with van der Waals surface area (Å²) in [7, 11) is 2.13. The second-order valence-electron chi connectivity index (χ2n) is 4.07. The van der Waals surface area contributed by atoms with Crippen LogP contribution < -0.4 is 0 Å². The van der Waals surface area contributed by atoms with Gasteiger partial charge in [-0.05, 0) is 7.05 Å². The van der Waals surface area contributed by atoms with E-state index in [2.05, 4.69) is 46.4 Å². The lowest BCUT2D eigenvalue weighted by Crippen LogP contribution is -2.09. The molecule has 1 N–H and O–H groups in total. The summed E-state index contributed by atoms with van der Waals surface area (Å²) in [6, 6.07) is 10.3. The Kier molecular flexibility index (Phi) is 1.86. The van der Waals surface area contributed by atoms with Crippen molar-refractivity contribution in [3.8, 4) is 11.3 Å². The quantitative estimate of drug-likeness (QED) is 0.762. The zero-order chi connectivity index (χ0) is 10.3. The van der Waals surface area contributed by atoms with Crippen LogP contribution in [0.3, 0.4) is 0 Å². The predicted octanol–water partition coefficient (Wildman–Crippen LogP) is 2.02. The highest BCUT2D eigenvalue weighted by Gasteiger charge is 2.22. The van der Waals surface area contributed by atoms with Gasteiger partial charge in [-0.25, -0.2) is 0 Å². The Morgan fingerprint density at radius 3 is 2.80 bits per heavy atom. The molecule has 1 aromatic heterocycles. The Hall–Kier alpha value is -1.61. The minimum atomic E-state index is 0.981. The number of H-pyrrole nitrogens is 1. The lowest BCUT2D eigenvalue weighted by Gasteiger charge is -2.05. The van der Waals surface area contributed by atoms with Crippen molar-refractivity contribution < 1.29 is 0 Å². The molecule has 2 aromatic rings. The fraction of sp³-hybridized carbons (Fsp3) is 0.250. The molecule has 0 fully saturated rings. The van der Waals surface area contributed by atoms with E-state index in [1.165, 1.54) is 16.8 Å². The van der Waals surface area contributed by atoms with Gasteiger partial charge in [0.1, 0.15) is 0 Å². The molecular formula is C12H13N3. The molecule has 3 heteroatoms. The van der Waals surface area contributed by atoms with E-state index in [4.69, 9.17) is 0 Å². The zero-order valence-corrected chi connectivity index (χ0v) is 8.70. The van der Waals surface area contributed by atoms with Crippen LogP contribution in [0.25, 0.3) is 11.3 Å². The molecule has 2 heterocycles. The number of hydrogen-bond donors (Lipinski definition) is 1. The van der Waals surface area contributed by atoms with E-state index < -0.39 is 0 Å². The van der Waals surface area contributed by atoms with Crippen LogP contribution in [0.4, 0.5) is 0 Å². The van der Waals surface area contributed by atoms with Gasteiger partial charge in [-0.2, -0.15) is 5.10 Å². The smallest absolute Gasteiger partial charge is 0.0969 e. The second-order valence-corrected chi connectivity index (χ2v) is 4.07. The number of benzene rings is 1. The van der Waals surface area contributed by atoms with Gasteiger partial charge < -0.3 is 0 Å². The van der Waals surface area contributed by atoms with Gasteiger partial charge in [0.25, 0.3) is 0 Å². The molecule has 0 aliphatic carbocycles. The maximum Gasteiger partial charge on any atom is 0.0969 e. The van der Waals surface area contributed by atoms with Crippen LogP contribution in [-0.2, 0) is 13.1 Å². The first-order valence-corrected chi connectivity index (χ1v) is 5.14. The minimum Gasteiger partial charge on any atom is -0.296 e. The summed E-state index contributed by atoms with van der Waals surface area (Å²) in [6.07, 6.45) is 0. The summed E-state index contributed by atoms with van der Waals surface area (Å²) in [5, 5.41) is 7.51. The molecule has 0 saturated heterocycles. The normalized spacial score (nSPS) is 15.5. The largest absolute Gasteiger partial charge is 0.296 e. The highest BCUT2D eigenvalue weighted by molar-refractivity contribution is 5.64. The molecule has 0 atom stereocenters. The van der Waals surface area contributed by atoms with Gasteiger partial charge >= 0.3 is 0 Å². The summed E-state index contributed by atoms with van der Waals surface area (Å²) in [6.45, 7) is 1.98. The molecule has 0 unspecified atom stereocenters. The average Bonchev–Trinajstić information content (AvgIpc) is 2.77. The van der Waals surface area contributed by atoms with Crippen molar-refractivity contribution in [3.05, 3.63) is 41.6 Å². The van der Waals surface area contributed by atoms with Crippen LogP contribution in [0.15, 0.2) is 30.3 Å². The summed E-state index contributed by atoms with van der Waals surface area (Å²) in [4.78, 5) is 2.29. The first-order chi connectivity index (χ1) is 7.34. The van der Waals surface area contributed by atoms with Crippen molar-refractivity contribution in [1.82, 2.24) is 15.1 Å². The maximum absolute atomic E-state index is 4.39. The highest BCUT2D eigenvalue weighted by Crippen LogP contribution is 2.29. The predicted molar refractivity (Wildman–Crippen MR) is 59.2 cm³/mol. The summed E-state index contributed by atoms with van der Waals surface area (Å²) in [5.74, 6) is 0. The molecule has 0 bridgehead atoms. The average molecular weight is 199 g/mol. The van der Waals surface area contributed by atoms with E-state index in [0.717, 1.165) is 18.8 Å². The van der Waals surface area contributed by atoms with E-state index in [1.54, 1.807) is 0 Å². The number of nitrogens with one attached hydrogen (secondary N) is 1. The Bertz CT molecular complexity index is 473. The van der Waals surface area contributed by atoms with Crippen molar-refractivity contribution in [2.75, 3.05) is 7.05 Å². The minimum absolute atomic E-state index is 0.981. The number of fused-ring (bicyclic) bond motifs is 1. The molecule has 0 amide bonds. The van der Waals surface area contributed by atoms with Gasteiger partial charge in [0, 0.05) is 24.2 Å². The molecule has 0 saturated carbocycles. The van der Waals surface area contributed by atoms with Crippen molar-refractivity contribution in [3.63, 3.8) is 0 Å². The van der Waals surface area contributed by atoms with Crippen molar-refractivity contribution in [1.29, 1.82) is 0 Å². The van der Waals surface area contributed by atoms with Gasteiger partial charge in [-0.15, -0.1) is 0 Å². The van der Waals surface area contributed by atoms with Crippen LogP contribution in [0.2, 0.25) is 0 Å². The third-order valence-corrected chi connectivity index (χ3v) is 2.86. The fourth-order valence-corrected chi connectivity index (χ4v) is 2.13. The van der Waals surface area contributed by atoms with Gasteiger partial charge in [0.05, 0.1) is 11.4 Å². The number of nitrogens with zero attached hydrogens (tertiary/aromatic N) is 2. The maximum atomic E-state index is 4.39. The van der Waals surface area contributed by atoms with Gasteiger partial charge in [0.15, 0.2) is 0 Å². The monoisotopic (exact) mass is 199 g/mol. The SMILES string of the molecule is CN1Cc2[nH]nc(-c3ccccc3)c2C1. The zero-order valence-electron chi connectivity index (χ0n) is 8.70.